The average molecular weight is 484 g/mol. The van der Waals surface area contributed by atoms with Gasteiger partial charge in [0.05, 0.1) is 25.2 Å². The van der Waals surface area contributed by atoms with E-state index in [0.717, 1.165) is 5.56 Å². The standard InChI is InChI=1S/C24H25N3O6S/c1-31-22-7-4-20(16-23(22)33-17-18-8-10-25-11-9-18)26-24(28)19-2-5-21(6-3-19)34(29,30)27-12-14-32-15-13-27/h2-11,16H,12-15,17H2,1H3,(H,26,28). The van der Waals surface area contributed by atoms with Gasteiger partial charge >= 0.3 is 0 Å². The number of pyridine rings is 1. The molecule has 2 aromatic carbocycles. The van der Waals surface area contributed by atoms with Gasteiger partial charge in [0.15, 0.2) is 11.5 Å². The van der Waals surface area contributed by atoms with Crippen molar-refractivity contribution in [2.75, 3.05) is 38.7 Å². The number of anilines is 1. The van der Waals surface area contributed by atoms with Crippen molar-refractivity contribution < 1.29 is 27.4 Å². The Balaban J connectivity index is 1.44. The van der Waals surface area contributed by atoms with Crippen LogP contribution < -0.4 is 14.8 Å². The first kappa shape index (κ1) is 23.7. The Morgan fingerprint density at radius 3 is 2.41 bits per heavy atom. The molecule has 1 saturated heterocycles. The summed E-state index contributed by atoms with van der Waals surface area (Å²) in [6.07, 6.45) is 3.37. The van der Waals surface area contributed by atoms with E-state index in [2.05, 4.69) is 10.3 Å². The van der Waals surface area contributed by atoms with Gasteiger partial charge in [0.2, 0.25) is 10.0 Å². The van der Waals surface area contributed by atoms with E-state index < -0.39 is 10.0 Å². The number of methoxy groups -OCH3 is 1. The zero-order valence-electron chi connectivity index (χ0n) is 18.6. The van der Waals surface area contributed by atoms with E-state index in [4.69, 9.17) is 14.2 Å². The molecule has 3 aromatic rings. The third-order valence-corrected chi connectivity index (χ3v) is 7.20. The number of morpholine rings is 1. The number of carbonyl (C=O) groups excluding carboxylic acids is 1. The summed E-state index contributed by atoms with van der Waals surface area (Å²) in [6.45, 7) is 1.68. The first-order valence-corrected chi connectivity index (χ1v) is 12.1. The van der Waals surface area contributed by atoms with Crippen molar-refractivity contribution in [2.45, 2.75) is 11.5 Å². The van der Waals surface area contributed by atoms with Crippen LogP contribution in [0.25, 0.3) is 0 Å². The summed E-state index contributed by atoms with van der Waals surface area (Å²) in [4.78, 5) is 16.9. The second-order valence-corrected chi connectivity index (χ2v) is 9.44. The zero-order valence-corrected chi connectivity index (χ0v) is 19.5. The number of rotatable bonds is 8. The largest absolute Gasteiger partial charge is 0.493 e. The summed E-state index contributed by atoms with van der Waals surface area (Å²) < 4.78 is 43.4. The molecule has 0 bridgehead atoms. The van der Waals surface area contributed by atoms with E-state index in [9.17, 15) is 13.2 Å². The maximum Gasteiger partial charge on any atom is 0.255 e. The van der Waals surface area contributed by atoms with Crippen LogP contribution in [0.2, 0.25) is 0 Å². The van der Waals surface area contributed by atoms with Crippen molar-refractivity contribution in [1.82, 2.24) is 9.29 Å². The molecule has 0 atom stereocenters. The molecule has 0 unspecified atom stereocenters. The number of sulfonamides is 1. The normalized spacial score (nSPS) is 14.4. The highest BCUT2D eigenvalue weighted by molar-refractivity contribution is 7.89. The highest BCUT2D eigenvalue weighted by Gasteiger charge is 2.26. The number of nitrogens with one attached hydrogen (secondary N) is 1. The summed E-state index contributed by atoms with van der Waals surface area (Å²) in [5.41, 5.74) is 1.79. The van der Waals surface area contributed by atoms with Crippen molar-refractivity contribution in [1.29, 1.82) is 0 Å². The molecule has 4 rings (SSSR count). The van der Waals surface area contributed by atoms with Crippen LogP contribution in [-0.2, 0) is 21.4 Å². The Kier molecular flexibility index (Phi) is 7.41. The lowest BCUT2D eigenvalue weighted by atomic mass is 10.2. The SMILES string of the molecule is COc1ccc(NC(=O)c2ccc(S(=O)(=O)N3CCOCC3)cc2)cc1OCc1ccncc1. The molecule has 2 heterocycles. The lowest BCUT2D eigenvalue weighted by molar-refractivity contribution is 0.0730. The van der Waals surface area contributed by atoms with Gasteiger partial charge < -0.3 is 19.5 Å². The molecule has 1 N–H and O–H groups in total. The van der Waals surface area contributed by atoms with Crippen molar-refractivity contribution in [3.63, 3.8) is 0 Å². The summed E-state index contributed by atoms with van der Waals surface area (Å²) in [6, 6.07) is 14.6. The molecule has 1 amide bonds. The monoisotopic (exact) mass is 483 g/mol. The van der Waals surface area contributed by atoms with Gasteiger partial charge in [-0.1, -0.05) is 0 Å². The molecule has 1 aliphatic heterocycles. The predicted molar refractivity (Wildman–Crippen MR) is 126 cm³/mol. The van der Waals surface area contributed by atoms with E-state index in [1.807, 2.05) is 12.1 Å². The average Bonchev–Trinajstić information content (AvgIpc) is 2.88. The number of carbonyl (C=O) groups is 1. The van der Waals surface area contributed by atoms with Gasteiger partial charge in [0.25, 0.3) is 5.91 Å². The lowest BCUT2D eigenvalue weighted by Gasteiger charge is -2.26. The maximum atomic E-state index is 12.8. The molecule has 1 aromatic heterocycles. The predicted octanol–water partition coefficient (Wildman–Crippen LogP) is 2.94. The number of aromatic nitrogens is 1. The Morgan fingerprint density at radius 1 is 1.03 bits per heavy atom. The first-order valence-electron chi connectivity index (χ1n) is 10.7. The van der Waals surface area contributed by atoms with Crippen LogP contribution in [0.4, 0.5) is 5.69 Å². The Labute approximate surface area is 198 Å². The molecule has 9 nitrogen and oxygen atoms in total. The Bertz CT molecular complexity index is 1230. The fraction of sp³-hybridized carbons (Fsp3) is 0.250. The number of hydrogen-bond donors (Lipinski definition) is 1. The van der Waals surface area contributed by atoms with Crippen LogP contribution in [0.15, 0.2) is 71.9 Å². The smallest absolute Gasteiger partial charge is 0.255 e. The highest BCUT2D eigenvalue weighted by atomic mass is 32.2. The van der Waals surface area contributed by atoms with E-state index in [1.165, 1.54) is 28.6 Å². The third kappa shape index (κ3) is 5.53. The van der Waals surface area contributed by atoms with Crippen molar-refractivity contribution in [3.8, 4) is 11.5 Å². The number of amides is 1. The van der Waals surface area contributed by atoms with E-state index in [0.29, 0.717) is 55.7 Å². The molecular weight excluding hydrogens is 458 g/mol. The molecule has 34 heavy (non-hydrogen) atoms. The number of ether oxygens (including phenoxy) is 3. The molecular formula is C24H25N3O6S. The summed E-state index contributed by atoms with van der Waals surface area (Å²) in [5, 5.41) is 2.81. The second-order valence-electron chi connectivity index (χ2n) is 7.50. The van der Waals surface area contributed by atoms with Gasteiger partial charge in [0, 0.05) is 42.8 Å². The van der Waals surface area contributed by atoms with Crippen molar-refractivity contribution in [2.24, 2.45) is 0 Å². The van der Waals surface area contributed by atoms with Crippen molar-refractivity contribution in [3.05, 3.63) is 78.1 Å². The topological polar surface area (TPSA) is 107 Å². The fourth-order valence-electron chi connectivity index (χ4n) is 3.42. The second kappa shape index (κ2) is 10.6. The van der Waals surface area contributed by atoms with Crippen molar-refractivity contribution >= 4 is 21.6 Å². The molecule has 1 fully saturated rings. The molecule has 0 spiro atoms. The van der Waals surface area contributed by atoms with E-state index >= 15 is 0 Å². The van der Waals surface area contributed by atoms with Gasteiger partial charge in [-0.25, -0.2) is 8.42 Å². The minimum Gasteiger partial charge on any atom is -0.493 e. The summed E-state index contributed by atoms with van der Waals surface area (Å²) in [7, 11) is -2.08. The maximum absolute atomic E-state index is 12.8. The van der Waals surface area contributed by atoms with Gasteiger partial charge in [-0.3, -0.25) is 9.78 Å². The minimum absolute atomic E-state index is 0.141. The molecule has 0 aliphatic carbocycles. The quantitative estimate of drug-likeness (QED) is 0.525. The number of benzene rings is 2. The molecule has 10 heteroatoms. The lowest BCUT2D eigenvalue weighted by Crippen LogP contribution is -2.40. The van der Waals surface area contributed by atoms with Crippen LogP contribution in [0, 0.1) is 0 Å². The van der Waals surface area contributed by atoms with Crippen LogP contribution >= 0.6 is 0 Å². The first-order chi connectivity index (χ1) is 16.5. The molecule has 178 valence electrons. The minimum atomic E-state index is -3.62. The van der Waals surface area contributed by atoms with Gasteiger partial charge in [-0.2, -0.15) is 4.31 Å². The number of nitrogens with zero attached hydrogens (tertiary/aromatic N) is 2. The molecule has 0 radical (unpaired) electrons. The highest BCUT2D eigenvalue weighted by Crippen LogP contribution is 2.31. The van der Waals surface area contributed by atoms with Gasteiger partial charge in [-0.15, -0.1) is 0 Å². The Hall–Kier alpha value is -3.47. The van der Waals surface area contributed by atoms with Gasteiger partial charge in [0.1, 0.15) is 6.61 Å². The summed E-state index contributed by atoms with van der Waals surface area (Å²) in [5.74, 6) is 0.634. The molecule has 1 aliphatic rings. The summed E-state index contributed by atoms with van der Waals surface area (Å²) >= 11 is 0. The van der Waals surface area contributed by atoms with Gasteiger partial charge in [-0.05, 0) is 54.1 Å². The number of hydrogen-bond acceptors (Lipinski definition) is 7. The van der Waals surface area contributed by atoms with Crippen LogP contribution in [0.5, 0.6) is 11.5 Å². The molecule has 0 saturated carbocycles. The van der Waals surface area contributed by atoms with Crippen LogP contribution in [0.3, 0.4) is 0 Å². The fourth-order valence-corrected chi connectivity index (χ4v) is 4.83. The zero-order chi connectivity index (χ0) is 24.0. The van der Waals surface area contributed by atoms with Crippen LogP contribution in [-0.4, -0.2) is 57.0 Å². The van der Waals surface area contributed by atoms with E-state index in [-0.39, 0.29) is 10.8 Å². The Morgan fingerprint density at radius 2 is 1.74 bits per heavy atom. The van der Waals surface area contributed by atoms with Crippen LogP contribution in [0.1, 0.15) is 15.9 Å². The van der Waals surface area contributed by atoms with E-state index in [1.54, 1.807) is 37.7 Å². The third-order valence-electron chi connectivity index (χ3n) is 5.29.